The van der Waals surface area contributed by atoms with Gasteiger partial charge in [0.2, 0.25) is 5.91 Å². The molecule has 0 bridgehead atoms. The molecule has 6 nitrogen and oxygen atoms in total. The first-order chi connectivity index (χ1) is 12.2. The van der Waals surface area contributed by atoms with Crippen molar-refractivity contribution >= 4 is 39.4 Å². The zero-order chi connectivity index (χ0) is 17.6. The second-order valence-electron chi connectivity index (χ2n) is 5.56. The number of hydrogen-bond acceptors (Lipinski definition) is 6. The van der Waals surface area contributed by atoms with Gasteiger partial charge in [-0.15, -0.1) is 11.3 Å². The number of anilines is 1. The summed E-state index contributed by atoms with van der Waals surface area (Å²) >= 11 is 2.62. The van der Waals surface area contributed by atoms with Gasteiger partial charge in [0.15, 0.2) is 5.13 Å². The molecular weight excluding hydrogens is 358 g/mol. The Morgan fingerprint density at radius 2 is 2.16 bits per heavy atom. The van der Waals surface area contributed by atoms with Crippen molar-refractivity contribution in [2.24, 2.45) is 0 Å². The number of benzene rings is 1. The van der Waals surface area contributed by atoms with Crippen LogP contribution in [0.5, 0.6) is 0 Å². The predicted octanol–water partition coefficient (Wildman–Crippen LogP) is 3.11. The number of aromatic nitrogens is 1. The van der Waals surface area contributed by atoms with E-state index in [2.05, 4.69) is 22.4 Å². The lowest BCUT2D eigenvalue weighted by Crippen LogP contribution is -2.33. The number of nitrogens with one attached hydrogen (secondary N) is 1. The summed E-state index contributed by atoms with van der Waals surface area (Å²) in [6.45, 7) is 1.40. The third kappa shape index (κ3) is 4.81. The molecule has 0 aliphatic carbocycles. The summed E-state index contributed by atoms with van der Waals surface area (Å²) in [7, 11) is 1.69. The number of hydrogen-bond donors (Lipinski definition) is 1. The Hall–Kier alpha value is -1.90. The molecule has 8 heteroatoms. The fourth-order valence-corrected chi connectivity index (χ4v) is 3.99. The van der Waals surface area contributed by atoms with Gasteiger partial charge in [-0.25, -0.2) is 4.98 Å². The molecule has 1 aromatic carbocycles. The number of rotatable bonds is 7. The fraction of sp³-hybridized carbons (Fsp3) is 0.353. The summed E-state index contributed by atoms with van der Waals surface area (Å²) in [6, 6.07) is 8.16. The average molecular weight is 377 g/mol. The van der Waals surface area contributed by atoms with Gasteiger partial charge in [-0.1, -0.05) is 36.0 Å². The molecule has 1 aromatic heterocycles. The SMILES string of the molecule is COCCc1ccc(-c2csc(NC(=O)CN3CCSC3=O)n2)cc1. The van der Waals surface area contributed by atoms with Gasteiger partial charge in [-0.3, -0.25) is 9.59 Å². The highest BCUT2D eigenvalue weighted by Crippen LogP contribution is 2.25. The van der Waals surface area contributed by atoms with Crippen molar-refractivity contribution in [1.29, 1.82) is 0 Å². The molecule has 1 N–H and O–H groups in total. The maximum Gasteiger partial charge on any atom is 0.282 e. The molecule has 0 saturated carbocycles. The molecule has 0 spiro atoms. The fourth-order valence-electron chi connectivity index (χ4n) is 2.43. The molecule has 0 atom stereocenters. The van der Waals surface area contributed by atoms with Crippen molar-refractivity contribution < 1.29 is 14.3 Å². The molecule has 1 aliphatic heterocycles. The lowest BCUT2D eigenvalue weighted by molar-refractivity contribution is -0.116. The van der Waals surface area contributed by atoms with E-state index in [1.807, 2.05) is 17.5 Å². The smallest absolute Gasteiger partial charge is 0.282 e. The minimum absolute atomic E-state index is 0.0384. The molecule has 0 unspecified atom stereocenters. The highest BCUT2D eigenvalue weighted by Gasteiger charge is 2.23. The molecule has 3 rings (SSSR count). The third-order valence-electron chi connectivity index (χ3n) is 3.77. The largest absolute Gasteiger partial charge is 0.384 e. The number of nitrogens with zero attached hydrogens (tertiary/aromatic N) is 2. The van der Waals surface area contributed by atoms with Crippen LogP contribution in [0.1, 0.15) is 5.56 Å². The van der Waals surface area contributed by atoms with Crippen LogP contribution in [0.25, 0.3) is 11.3 Å². The minimum atomic E-state index is -0.216. The zero-order valence-corrected chi connectivity index (χ0v) is 15.5. The Morgan fingerprint density at radius 3 is 2.84 bits per heavy atom. The maximum absolute atomic E-state index is 12.0. The molecule has 1 fully saturated rings. The van der Waals surface area contributed by atoms with E-state index >= 15 is 0 Å². The molecule has 2 aromatic rings. The van der Waals surface area contributed by atoms with Crippen LogP contribution in [0.15, 0.2) is 29.6 Å². The Labute approximate surface area is 154 Å². The molecule has 2 heterocycles. The van der Waals surface area contributed by atoms with Crippen LogP contribution >= 0.6 is 23.1 Å². The van der Waals surface area contributed by atoms with Gasteiger partial charge in [0.25, 0.3) is 5.24 Å². The highest BCUT2D eigenvalue weighted by atomic mass is 32.2. The number of carbonyl (C=O) groups excluding carboxylic acids is 2. The van der Waals surface area contributed by atoms with E-state index in [0.717, 1.165) is 23.4 Å². The number of methoxy groups -OCH3 is 1. The zero-order valence-electron chi connectivity index (χ0n) is 13.9. The average Bonchev–Trinajstić information content (AvgIpc) is 3.23. The van der Waals surface area contributed by atoms with E-state index in [0.29, 0.717) is 18.3 Å². The van der Waals surface area contributed by atoms with Crippen molar-refractivity contribution in [3.63, 3.8) is 0 Å². The van der Waals surface area contributed by atoms with Crippen LogP contribution in [0, 0.1) is 0 Å². The van der Waals surface area contributed by atoms with E-state index in [-0.39, 0.29) is 17.7 Å². The summed E-state index contributed by atoms with van der Waals surface area (Å²) in [4.78, 5) is 29.6. The number of thioether (sulfide) groups is 1. The summed E-state index contributed by atoms with van der Waals surface area (Å²) in [5.41, 5.74) is 3.04. The first-order valence-electron chi connectivity index (χ1n) is 7.91. The Balaban J connectivity index is 1.58. The van der Waals surface area contributed by atoms with Crippen LogP contribution in [0.4, 0.5) is 9.93 Å². The quantitative estimate of drug-likeness (QED) is 0.803. The van der Waals surface area contributed by atoms with E-state index < -0.39 is 0 Å². The monoisotopic (exact) mass is 377 g/mol. The molecule has 25 heavy (non-hydrogen) atoms. The normalized spacial score (nSPS) is 14.1. The lowest BCUT2D eigenvalue weighted by Gasteiger charge is -2.12. The molecule has 1 saturated heterocycles. The predicted molar refractivity (Wildman–Crippen MR) is 101 cm³/mol. The van der Waals surface area contributed by atoms with Crippen molar-refractivity contribution in [3.8, 4) is 11.3 Å². The topological polar surface area (TPSA) is 71.5 Å². The van der Waals surface area contributed by atoms with Gasteiger partial charge in [0.05, 0.1) is 12.3 Å². The van der Waals surface area contributed by atoms with Crippen molar-refractivity contribution in [3.05, 3.63) is 35.2 Å². The molecule has 132 valence electrons. The van der Waals surface area contributed by atoms with Gasteiger partial charge in [-0.05, 0) is 12.0 Å². The van der Waals surface area contributed by atoms with Crippen molar-refractivity contribution in [1.82, 2.24) is 9.88 Å². The van der Waals surface area contributed by atoms with Crippen molar-refractivity contribution in [2.45, 2.75) is 6.42 Å². The van der Waals surface area contributed by atoms with Crippen LogP contribution in [0.2, 0.25) is 0 Å². The Kier molecular flexibility index (Phi) is 6.06. The number of carbonyl (C=O) groups is 2. The first-order valence-corrected chi connectivity index (χ1v) is 9.77. The summed E-state index contributed by atoms with van der Waals surface area (Å²) in [5, 5.41) is 5.19. The van der Waals surface area contributed by atoms with E-state index in [4.69, 9.17) is 4.74 Å². The second kappa shape index (κ2) is 8.46. The van der Waals surface area contributed by atoms with E-state index in [9.17, 15) is 9.59 Å². The van der Waals surface area contributed by atoms with Crippen LogP contribution < -0.4 is 5.32 Å². The first kappa shape index (κ1) is 17.9. The standard InChI is InChI=1S/C17H19N3O3S2/c1-23-8-6-12-2-4-13(5-3-12)14-11-25-16(18-14)19-15(21)10-20-7-9-24-17(20)22/h2-5,11H,6-10H2,1H3,(H,18,19,21). The molecule has 2 amide bonds. The number of thiazole rings is 1. The minimum Gasteiger partial charge on any atom is -0.384 e. The highest BCUT2D eigenvalue weighted by molar-refractivity contribution is 8.13. The van der Waals surface area contributed by atoms with E-state index in [1.54, 1.807) is 12.0 Å². The second-order valence-corrected chi connectivity index (χ2v) is 7.47. The van der Waals surface area contributed by atoms with Gasteiger partial charge in [0.1, 0.15) is 6.54 Å². The van der Waals surface area contributed by atoms with Gasteiger partial charge >= 0.3 is 0 Å². The number of ether oxygens (including phenoxy) is 1. The molecule has 1 aliphatic rings. The molecule has 0 radical (unpaired) electrons. The van der Waals surface area contributed by atoms with Gasteiger partial charge < -0.3 is 15.0 Å². The maximum atomic E-state index is 12.0. The van der Waals surface area contributed by atoms with E-state index in [1.165, 1.54) is 28.7 Å². The van der Waals surface area contributed by atoms with Crippen LogP contribution in [-0.4, -0.2) is 53.6 Å². The van der Waals surface area contributed by atoms with Crippen LogP contribution in [-0.2, 0) is 16.0 Å². The summed E-state index contributed by atoms with van der Waals surface area (Å²) in [5.74, 6) is 0.528. The van der Waals surface area contributed by atoms with Crippen molar-refractivity contribution in [2.75, 3.05) is 37.9 Å². The molecular formula is C17H19N3O3S2. The van der Waals surface area contributed by atoms with Gasteiger partial charge in [0, 0.05) is 30.4 Å². The Bertz CT molecular complexity index is 746. The summed E-state index contributed by atoms with van der Waals surface area (Å²) in [6.07, 6.45) is 0.878. The Morgan fingerprint density at radius 1 is 1.36 bits per heavy atom. The van der Waals surface area contributed by atoms with Crippen LogP contribution in [0.3, 0.4) is 0 Å². The third-order valence-corrected chi connectivity index (χ3v) is 5.42. The lowest BCUT2D eigenvalue weighted by atomic mass is 10.1. The number of amides is 2. The summed E-state index contributed by atoms with van der Waals surface area (Å²) < 4.78 is 5.08. The van der Waals surface area contributed by atoms with Gasteiger partial charge in [-0.2, -0.15) is 0 Å².